The Kier molecular flexibility index (Phi) is 6.58. The molecular formula is C27H18ClF4N5O. The van der Waals surface area contributed by atoms with Crippen LogP contribution < -0.4 is 5.32 Å². The summed E-state index contributed by atoms with van der Waals surface area (Å²) in [5.74, 6) is -2.13. The van der Waals surface area contributed by atoms with Crippen molar-refractivity contribution in [3.8, 4) is 16.9 Å². The van der Waals surface area contributed by atoms with E-state index in [4.69, 9.17) is 16.7 Å². The average molecular weight is 540 g/mol. The molecule has 1 amide bonds. The second-order valence-electron chi connectivity index (χ2n) is 8.48. The Balaban J connectivity index is 1.51. The van der Waals surface area contributed by atoms with Crippen molar-refractivity contribution < 1.29 is 22.4 Å². The van der Waals surface area contributed by atoms with Gasteiger partial charge in [-0.15, -0.1) is 0 Å². The van der Waals surface area contributed by atoms with Gasteiger partial charge in [0.1, 0.15) is 11.5 Å². The first-order chi connectivity index (χ1) is 18.1. The fourth-order valence-corrected chi connectivity index (χ4v) is 4.18. The number of fused-ring (bicyclic) bond motifs is 1. The Bertz CT molecular complexity index is 1630. The minimum absolute atomic E-state index is 0.283. The summed E-state index contributed by atoms with van der Waals surface area (Å²) in [5, 5.41) is 8.68. The van der Waals surface area contributed by atoms with Crippen molar-refractivity contribution in [1.82, 2.24) is 25.1 Å². The minimum atomic E-state index is -4.66. The van der Waals surface area contributed by atoms with Gasteiger partial charge < -0.3 is 5.32 Å². The van der Waals surface area contributed by atoms with Crippen molar-refractivity contribution in [3.63, 3.8) is 0 Å². The van der Waals surface area contributed by atoms with Crippen LogP contribution in [0.1, 0.15) is 34.7 Å². The second kappa shape index (κ2) is 9.86. The van der Waals surface area contributed by atoms with Gasteiger partial charge in [0, 0.05) is 34.5 Å². The molecule has 11 heteroatoms. The van der Waals surface area contributed by atoms with E-state index in [-0.39, 0.29) is 5.56 Å². The number of hydrogen-bond acceptors (Lipinski definition) is 4. The summed E-state index contributed by atoms with van der Waals surface area (Å²) in [6, 6.07) is 17.3. The van der Waals surface area contributed by atoms with E-state index in [9.17, 15) is 22.4 Å². The summed E-state index contributed by atoms with van der Waals surface area (Å²) in [6.45, 7) is 1.61. The maximum atomic E-state index is 13.6. The lowest BCUT2D eigenvalue weighted by Gasteiger charge is -2.14. The van der Waals surface area contributed by atoms with E-state index in [0.717, 1.165) is 12.4 Å². The number of aromatic nitrogens is 4. The first-order valence-corrected chi connectivity index (χ1v) is 11.7. The third-order valence-corrected chi connectivity index (χ3v) is 6.25. The number of carbonyl (C=O) groups excluding carboxylic acids is 1. The molecule has 1 unspecified atom stereocenters. The normalized spacial score (nSPS) is 12.5. The van der Waals surface area contributed by atoms with Crippen LogP contribution in [-0.2, 0) is 6.18 Å². The fraction of sp³-hybridized carbons (Fsp3) is 0.111. The molecule has 0 saturated heterocycles. The predicted octanol–water partition coefficient (Wildman–Crippen LogP) is 6.78. The van der Waals surface area contributed by atoms with Crippen molar-refractivity contribution in [2.75, 3.05) is 0 Å². The van der Waals surface area contributed by atoms with E-state index in [0.29, 0.717) is 38.4 Å². The zero-order valence-corrected chi connectivity index (χ0v) is 20.4. The Hall–Kier alpha value is -4.31. The van der Waals surface area contributed by atoms with Crippen molar-refractivity contribution in [2.24, 2.45) is 0 Å². The molecular weight excluding hydrogens is 522 g/mol. The number of halogens is 5. The number of benzene rings is 3. The number of alkyl halides is 3. The lowest BCUT2D eigenvalue weighted by Crippen LogP contribution is -2.27. The SMILES string of the molecule is CC(NC(=O)c1ccc2c(-c3ccccc3Cl)nn(-c3ccc(F)cc3)c2c1)c1cnc(C(F)(F)F)nc1. The maximum absolute atomic E-state index is 13.6. The van der Waals surface area contributed by atoms with Gasteiger partial charge in [0.25, 0.3) is 5.91 Å². The number of rotatable bonds is 5. The molecule has 0 aliphatic heterocycles. The van der Waals surface area contributed by atoms with Gasteiger partial charge >= 0.3 is 6.18 Å². The minimum Gasteiger partial charge on any atom is -0.345 e. The van der Waals surface area contributed by atoms with Crippen molar-refractivity contribution in [2.45, 2.75) is 19.1 Å². The molecule has 192 valence electrons. The van der Waals surface area contributed by atoms with Gasteiger partial charge in [-0.05, 0) is 55.5 Å². The Labute approximate surface area is 218 Å². The molecule has 5 rings (SSSR count). The number of nitrogens with zero attached hydrogens (tertiary/aromatic N) is 4. The van der Waals surface area contributed by atoms with Crippen LogP contribution in [-0.4, -0.2) is 25.7 Å². The molecule has 5 aromatic rings. The summed E-state index contributed by atoms with van der Waals surface area (Å²) in [7, 11) is 0. The van der Waals surface area contributed by atoms with E-state index in [1.807, 2.05) is 12.1 Å². The van der Waals surface area contributed by atoms with Gasteiger partial charge in [0.05, 0.1) is 22.3 Å². The number of carbonyl (C=O) groups is 1. The molecule has 2 heterocycles. The summed E-state index contributed by atoms with van der Waals surface area (Å²) in [6.07, 6.45) is -2.59. The molecule has 0 spiro atoms. The van der Waals surface area contributed by atoms with Crippen molar-refractivity contribution in [3.05, 3.63) is 107 Å². The summed E-state index contributed by atoms with van der Waals surface area (Å²) < 4.78 is 53.5. The van der Waals surface area contributed by atoms with Crippen LogP contribution in [0.15, 0.2) is 79.1 Å². The molecule has 0 aliphatic carbocycles. The molecule has 38 heavy (non-hydrogen) atoms. The lowest BCUT2D eigenvalue weighted by molar-refractivity contribution is -0.145. The largest absolute Gasteiger partial charge is 0.451 e. The Morgan fingerprint density at radius 2 is 1.68 bits per heavy atom. The number of nitrogens with one attached hydrogen (secondary N) is 1. The van der Waals surface area contributed by atoms with Crippen LogP contribution in [0.5, 0.6) is 0 Å². The number of amides is 1. The Morgan fingerprint density at radius 1 is 1.00 bits per heavy atom. The summed E-state index contributed by atoms with van der Waals surface area (Å²) in [5.41, 5.74) is 3.01. The summed E-state index contributed by atoms with van der Waals surface area (Å²) in [4.78, 5) is 19.8. The molecule has 0 radical (unpaired) electrons. The highest BCUT2D eigenvalue weighted by molar-refractivity contribution is 6.33. The highest BCUT2D eigenvalue weighted by Crippen LogP contribution is 2.34. The first-order valence-electron chi connectivity index (χ1n) is 11.4. The highest BCUT2D eigenvalue weighted by Gasteiger charge is 2.34. The standard InChI is InChI=1S/C27H18ClF4N5O/c1-15(17-13-33-26(34-14-17)27(30,31)32)35-25(38)16-6-11-21-23(12-16)37(19-9-7-18(29)8-10-19)36-24(21)20-4-2-3-5-22(20)28/h2-15H,1H3,(H,35,38). The zero-order chi connectivity index (χ0) is 27.0. The highest BCUT2D eigenvalue weighted by atomic mass is 35.5. The van der Waals surface area contributed by atoms with Gasteiger partial charge in [-0.25, -0.2) is 19.0 Å². The van der Waals surface area contributed by atoms with Crippen LogP contribution in [0, 0.1) is 5.82 Å². The molecule has 1 atom stereocenters. The topological polar surface area (TPSA) is 72.7 Å². The van der Waals surface area contributed by atoms with Crippen molar-refractivity contribution in [1.29, 1.82) is 0 Å². The van der Waals surface area contributed by atoms with Crippen molar-refractivity contribution >= 4 is 28.4 Å². The zero-order valence-electron chi connectivity index (χ0n) is 19.7. The van der Waals surface area contributed by atoms with Gasteiger partial charge in [-0.2, -0.15) is 18.3 Å². The molecule has 1 N–H and O–H groups in total. The molecule has 0 bridgehead atoms. The van der Waals surface area contributed by atoms with Gasteiger partial charge in [0.15, 0.2) is 0 Å². The van der Waals surface area contributed by atoms with E-state index >= 15 is 0 Å². The monoisotopic (exact) mass is 539 g/mol. The molecule has 0 aliphatic rings. The van der Waals surface area contributed by atoms with Crippen LogP contribution in [0.3, 0.4) is 0 Å². The third-order valence-electron chi connectivity index (χ3n) is 5.92. The summed E-state index contributed by atoms with van der Waals surface area (Å²) >= 11 is 6.43. The fourth-order valence-electron chi connectivity index (χ4n) is 3.96. The lowest BCUT2D eigenvalue weighted by atomic mass is 10.1. The van der Waals surface area contributed by atoms with E-state index in [1.54, 1.807) is 54.1 Å². The quantitative estimate of drug-likeness (QED) is 0.250. The number of hydrogen-bond donors (Lipinski definition) is 1. The van der Waals surface area contributed by atoms with E-state index < -0.39 is 29.8 Å². The molecule has 6 nitrogen and oxygen atoms in total. The smallest absolute Gasteiger partial charge is 0.345 e. The van der Waals surface area contributed by atoms with Gasteiger partial charge in [-0.1, -0.05) is 29.8 Å². The molecule has 3 aromatic carbocycles. The van der Waals surface area contributed by atoms with Crippen LogP contribution in [0.2, 0.25) is 5.02 Å². The van der Waals surface area contributed by atoms with Crippen LogP contribution >= 0.6 is 11.6 Å². The van der Waals surface area contributed by atoms with E-state index in [2.05, 4.69) is 15.3 Å². The van der Waals surface area contributed by atoms with Crippen LogP contribution in [0.25, 0.3) is 27.8 Å². The third kappa shape index (κ3) is 4.95. The van der Waals surface area contributed by atoms with Gasteiger partial charge in [0.2, 0.25) is 5.82 Å². The van der Waals surface area contributed by atoms with Gasteiger partial charge in [-0.3, -0.25) is 4.79 Å². The maximum Gasteiger partial charge on any atom is 0.451 e. The van der Waals surface area contributed by atoms with Crippen LogP contribution in [0.4, 0.5) is 17.6 Å². The first kappa shape index (κ1) is 25.3. The predicted molar refractivity (Wildman–Crippen MR) is 134 cm³/mol. The molecule has 0 saturated carbocycles. The Morgan fingerprint density at radius 3 is 2.34 bits per heavy atom. The second-order valence-corrected chi connectivity index (χ2v) is 8.89. The molecule has 2 aromatic heterocycles. The average Bonchev–Trinajstić information content (AvgIpc) is 3.27. The van der Waals surface area contributed by atoms with E-state index in [1.165, 1.54) is 12.1 Å². The molecule has 0 fully saturated rings.